The summed E-state index contributed by atoms with van der Waals surface area (Å²) in [5, 5.41) is 15.7. The molecule has 0 saturated carbocycles. The quantitative estimate of drug-likeness (QED) is 0.387. The normalized spacial score (nSPS) is 10.9. The SMILES string of the molecule is Cc1cc(-n2ncc3c(OCc4ccccc4)ncnc32)c(F)cc1[N+](=O)[O-]. The molecule has 0 spiro atoms. The molecule has 0 unspecified atom stereocenters. The van der Waals surface area contributed by atoms with E-state index < -0.39 is 10.7 Å². The van der Waals surface area contributed by atoms with Crippen LogP contribution >= 0.6 is 0 Å². The highest BCUT2D eigenvalue weighted by molar-refractivity contribution is 5.81. The van der Waals surface area contributed by atoms with Gasteiger partial charge in [-0.05, 0) is 18.6 Å². The van der Waals surface area contributed by atoms with Crippen molar-refractivity contribution >= 4 is 16.7 Å². The van der Waals surface area contributed by atoms with Crippen molar-refractivity contribution in [2.45, 2.75) is 13.5 Å². The molecule has 4 aromatic rings. The van der Waals surface area contributed by atoms with Gasteiger partial charge in [0.25, 0.3) is 5.69 Å². The maximum absolute atomic E-state index is 14.5. The number of rotatable bonds is 5. The van der Waals surface area contributed by atoms with E-state index in [1.54, 1.807) is 0 Å². The number of nitrogens with zero attached hydrogens (tertiary/aromatic N) is 5. The number of halogens is 1. The third-order valence-electron chi connectivity index (χ3n) is 4.24. The molecule has 0 aliphatic rings. The molecule has 0 amide bonds. The maximum Gasteiger partial charge on any atom is 0.275 e. The molecule has 0 aliphatic heterocycles. The van der Waals surface area contributed by atoms with Gasteiger partial charge in [-0.1, -0.05) is 30.3 Å². The van der Waals surface area contributed by atoms with Gasteiger partial charge in [-0.25, -0.2) is 19.0 Å². The zero-order valence-electron chi connectivity index (χ0n) is 14.7. The van der Waals surface area contributed by atoms with Crippen LogP contribution in [0.25, 0.3) is 16.7 Å². The topological polar surface area (TPSA) is 96.0 Å². The molecule has 0 aliphatic carbocycles. The molecule has 28 heavy (non-hydrogen) atoms. The van der Waals surface area contributed by atoms with Crippen LogP contribution in [0.5, 0.6) is 5.88 Å². The van der Waals surface area contributed by atoms with E-state index in [2.05, 4.69) is 15.1 Å². The molecule has 0 saturated heterocycles. The third kappa shape index (κ3) is 3.13. The smallest absolute Gasteiger partial charge is 0.275 e. The zero-order valence-corrected chi connectivity index (χ0v) is 14.7. The van der Waals surface area contributed by atoms with Gasteiger partial charge in [0.1, 0.15) is 24.0 Å². The van der Waals surface area contributed by atoms with E-state index in [9.17, 15) is 14.5 Å². The first kappa shape index (κ1) is 17.5. The Morgan fingerprint density at radius 3 is 2.75 bits per heavy atom. The van der Waals surface area contributed by atoms with Gasteiger partial charge >= 0.3 is 0 Å². The van der Waals surface area contributed by atoms with Crippen LogP contribution in [0.2, 0.25) is 0 Å². The van der Waals surface area contributed by atoms with Crippen molar-refractivity contribution in [1.29, 1.82) is 0 Å². The number of hydrogen-bond donors (Lipinski definition) is 0. The van der Waals surface area contributed by atoms with Crippen LogP contribution in [0.1, 0.15) is 11.1 Å². The van der Waals surface area contributed by atoms with E-state index in [1.165, 1.54) is 30.2 Å². The Bertz CT molecular complexity index is 1180. The van der Waals surface area contributed by atoms with Gasteiger partial charge in [0.15, 0.2) is 11.5 Å². The fourth-order valence-corrected chi connectivity index (χ4v) is 2.85. The van der Waals surface area contributed by atoms with E-state index in [-0.39, 0.29) is 11.4 Å². The Balaban J connectivity index is 1.73. The molecule has 4 rings (SSSR count). The lowest BCUT2D eigenvalue weighted by molar-refractivity contribution is -0.385. The molecule has 2 heterocycles. The Morgan fingerprint density at radius 1 is 1.21 bits per heavy atom. The lowest BCUT2D eigenvalue weighted by Crippen LogP contribution is -2.04. The molecule has 0 radical (unpaired) electrons. The largest absolute Gasteiger partial charge is 0.472 e. The average Bonchev–Trinajstić information content (AvgIpc) is 3.13. The fourth-order valence-electron chi connectivity index (χ4n) is 2.85. The highest BCUT2D eigenvalue weighted by atomic mass is 19.1. The van der Waals surface area contributed by atoms with Crippen LogP contribution in [0, 0.1) is 22.9 Å². The van der Waals surface area contributed by atoms with Gasteiger partial charge < -0.3 is 4.74 Å². The minimum atomic E-state index is -0.771. The Morgan fingerprint density at radius 2 is 2.00 bits per heavy atom. The molecule has 0 fully saturated rings. The number of benzene rings is 2. The average molecular weight is 379 g/mol. The van der Waals surface area contributed by atoms with Crippen LogP contribution in [0.15, 0.2) is 55.0 Å². The van der Waals surface area contributed by atoms with Crippen LogP contribution in [-0.4, -0.2) is 24.7 Å². The van der Waals surface area contributed by atoms with Crippen molar-refractivity contribution in [3.05, 3.63) is 82.0 Å². The molecule has 0 N–H and O–H groups in total. The number of aromatic nitrogens is 4. The number of nitro groups is 1. The van der Waals surface area contributed by atoms with Crippen molar-refractivity contribution in [3.8, 4) is 11.6 Å². The monoisotopic (exact) mass is 379 g/mol. The summed E-state index contributed by atoms with van der Waals surface area (Å²) < 4.78 is 21.6. The molecule has 9 heteroatoms. The summed E-state index contributed by atoms with van der Waals surface area (Å²) in [6, 6.07) is 11.8. The first-order valence-electron chi connectivity index (χ1n) is 8.35. The van der Waals surface area contributed by atoms with E-state index in [4.69, 9.17) is 4.74 Å². The van der Waals surface area contributed by atoms with E-state index in [0.29, 0.717) is 29.1 Å². The summed E-state index contributed by atoms with van der Waals surface area (Å²) >= 11 is 0. The first-order valence-corrected chi connectivity index (χ1v) is 8.35. The summed E-state index contributed by atoms with van der Waals surface area (Å²) in [7, 11) is 0. The molecule has 2 aromatic carbocycles. The highest BCUT2D eigenvalue weighted by Gasteiger charge is 2.20. The molecule has 140 valence electrons. The van der Waals surface area contributed by atoms with Gasteiger partial charge in [0.2, 0.25) is 5.88 Å². The summed E-state index contributed by atoms with van der Waals surface area (Å²) in [4.78, 5) is 18.7. The molecular formula is C19H14FN5O3. The van der Waals surface area contributed by atoms with Crippen LogP contribution in [0.3, 0.4) is 0 Å². The predicted molar refractivity (Wildman–Crippen MR) is 98.8 cm³/mol. The van der Waals surface area contributed by atoms with Gasteiger partial charge in [-0.2, -0.15) is 5.10 Å². The summed E-state index contributed by atoms with van der Waals surface area (Å²) in [6.45, 7) is 1.85. The van der Waals surface area contributed by atoms with Gasteiger partial charge in [0.05, 0.1) is 17.2 Å². The van der Waals surface area contributed by atoms with E-state index in [1.807, 2.05) is 30.3 Å². The highest BCUT2D eigenvalue weighted by Crippen LogP contribution is 2.28. The lowest BCUT2D eigenvalue weighted by atomic mass is 10.1. The fraction of sp³-hybridized carbons (Fsp3) is 0.105. The summed E-state index contributed by atoms with van der Waals surface area (Å²) in [5.41, 5.74) is 1.40. The number of ether oxygens (including phenoxy) is 1. The molecule has 0 bridgehead atoms. The number of hydrogen-bond acceptors (Lipinski definition) is 6. The van der Waals surface area contributed by atoms with Gasteiger partial charge in [0, 0.05) is 5.56 Å². The Kier molecular flexibility index (Phi) is 4.40. The predicted octanol–water partition coefficient (Wildman–Crippen LogP) is 3.75. The van der Waals surface area contributed by atoms with Crippen molar-refractivity contribution < 1.29 is 14.1 Å². The molecule has 0 atom stereocenters. The molecule has 2 aromatic heterocycles. The van der Waals surface area contributed by atoms with E-state index >= 15 is 0 Å². The second-order valence-corrected chi connectivity index (χ2v) is 6.09. The number of fused-ring (bicyclic) bond motifs is 1. The number of aryl methyl sites for hydroxylation is 1. The van der Waals surface area contributed by atoms with Crippen molar-refractivity contribution in [2.75, 3.05) is 0 Å². The second-order valence-electron chi connectivity index (χ2n) is 6.09. The van der Waals surface area contributed by atoms with Crippen LogP contribution in [0.4, 0.5) is 10.1 Å². The second kappa shape index (κ2) is 7.03. The van der Waals surface area contributed by atoms with E-state index in [0.717, 1.165) is 11.6 Å². The maximum atomic E-state index is 14.5. The summed E-state index contributed by atoms with van der Waals surface area (Å²) in [6.07, 6.45) is 2.78. The zero-order chi connectivity index (χ0) is 19.7. The first-order chi connectivity index (χ1) is 13.5. The minimum absolute atomic E-state index is 0.0609. The van der Waals surface area contributed by atoms with Crippen molar-refractivity contribution in [3.63, 3.8) is 0 Å². The van der Waals surface area contributed by atoms with Gasteiger partial charge in [-0.3, -0.25) is 10.1 Å². The standard InChI is InChI=1S/C19H14FN5O3/c1-12-7-17(15(20)8-16(12)25(26)27)24-18-14(9-23-24)19(22-11-21-18)28-10-13-5-3-2-4-6-13/h2-9,11H,10H2,1H3. The summed E-state index contributed by atoms with van der Waals surface area (Å²) in [5.74, 6) is -0.452. The van der Waals surface area contributed by atoms with Crippen LogP contribution < -0.4 is 4.74 Å². The van der Waals surface area contributed by atoms with Crippen molar-refractivity contribution in [1.82, 2.24) is 19.7 Å². The molecule has 8 nitrogen and oxygen atoms in total. The minimum Gasteiger partial charge on any atom is -0.472 e. The molecular weight excluding hydrogens is 365 g/mol. The number of nitro benzene ring substituents is 1. The van der Waals surface area contributed by atoms with Gasteiger partial charge in [-0.15, -0.1) is 0 Å². The third-order valence-corrected chi connectivity index (χ3v) is 4.24. The lowest BCUT2D eigenvalue weighted by Gasteiger charge is -2.08. The Hall–Kier alpha value is -3.88. The van der Waals surface area contributed by atoms with Crippen LogP contribution in [-0.2, 0) is 6.61 Å². The van der Waals surface area contributed by atoms with Crippen molar-refractivity contribution in [2.24, 2.45) is 0 Å². The Labute approximate surface area is 158 Å².